The molecule has 7 rings (SSSR count). The van der Waals surface area contributed by atoms with E-state index in [9.17, 15) is 72.5 Å². The van der Waals surface area contributed by atoms with Crippen molar-refractivity contribution in [1.82, 2.24) is 78.1 Å². The first-order valence-corrected chi connectivity index (χ1v) is 40.6. The molecular formula is C72H111N17O18S2. The number of nitrogens with one attached hydrogen (secondary N) is 11. The molecule has 0 unspecified atom stereocenters. The van der Waals surface area contributed by atoms with Crippen molar-refractivity contribution in [3.05, 3.63) is 29.8 Å². The van der Waals surface area contributed by atoms with Gasteiger partial charge in [0.2, 0.25) is 94.5 Å². The summed E-state index contributed by atoms with van der Waals surface area (Å²) < 4.78 is 0. The molecule has 17 N–H and O–H groups in total. The molecule has 35 nitrogen and oxygen atoms in total. The number of nitrogens with zero attached hydrogens (tertiary/aromatic N) is 4. The number of amides is 16. The van der Waals surface area contributed by atoms with Crippen LogP contribution in [0.3, 0.4) is 0 Å². The summed E-state index contributed by atoms with van der Waals surface area (Å²) >= 11 is 0. The number of phenols is 1. The molecule has 16 amide bonds. The minimum Gasteiger partial charge on any atom is -0.508 e. The summed E-state index contributed by atoms with van der Waals surface area (Å²) in [6.07, 6.45) is 2.30. The highest BCUT2D eigenvalue weighted by Crippen LogP contribution is 2.30. The standard InChI is InChI=1S/C72H111N17O18S2/c1-8-38(4)56-67(102)76-41(7)69(104)88-31-15-20-52(88)70(105)87-30-14-19-51(87)66(101)79-45(26-27-54(74)92)60(95)83-57(39(5)9-2)68(103)82-49-37-109-108-36-48(64(99)84-56)77-55(93)34-75-65(100)50-18-13-29-86(50)71(106)53-21-16-32-89(53)72(107)58(40(6)10-3)85-62(97)47(35-90)81-59(94)44(17-11-12-28-73)78-61(96)46(80-63(49)98)33-42-22-24-43(91)25-23-42/h22-25,38-41,44-53,56-58,90-91H,8-21,26-37,73H2,1-7H3,(H2,74,92)(H,75,100)(H,76,102)(H,77,93)(H,78,96)(H,79,101)(H,80,98)(H,81,94)(H,82,103)(H,83,95)(H,84,99)(H,85,97)/t38-,39-,40-,41-,44-,45-,46-,47-,48-,49-,50-,51-,52-,53-,56-,57-,58-/m0/s1. The van der Waals surface area contributed by atoms with Crippen LogP contribution in [0.2, 0.25) is 0 Å². The maximum Gasteiger partial charge on any atom is 0.246 e. The normalized spacial score (nSPS) is 29.6. The number of aromatic hydroxyl groups is 1. The van der Waals surface area contributed by atoms with Gasteiger partial charge in [-0.1, -0.05) is 94.5 Å². The van der Waals surface area contributed by atoms with E-state index in [0.29, 0.717) is 50.5 Å². The first kappa shape index (κ1) is 87.4. The molecule has 604 valence electrons. The van der Waals surface area contributed by atoms with Gasteiger partial charge in [0.25, 0.3) is 0 Å². The highest BCUT2D eigenvalue weighted by atomic mass is 33.1. The number of aliphatic hydroxyl groups excluding tert-OH is 1. The predicted octanol–water partition coefficient (Wildman–Crippen LogP) is -3.18. The molecule has 0 aliphatic carbocycles. The topological polar surface area (TPSA) is 511 Å². The van der Waals surface area contributed by atoms with Gasteiger partial charge in [-0.05, 0) is 126 Å². The summed E-state index contributed by atoms with van der Waals surface area (Å²) in [6.45, 7) is 10.4. The Kier molecular flexibility index (Phi) is 33.5. The number of fused-ring (bicyclic) bond motifs is 9. The van der Waals surface area contributed by atoms with E-state index in [-0.39, 0.29) is 102 Å². The van der Waals surface area contributed by atoms with Crippen LogP contribution in [-0.2, 0) is 83.1 Å². The Balaban J connectivity index is 1.34. The predicted molar refractivity (Wildman–Crippen MR) is 400 cm³/mol. The second kappa shape index (κ2) is 41.8. The molecule has 0 aromatic heterocycles. The fraction of sp³-hybridized carbons (Fsp3) is 0.694. The van der Waals surface area contributed by atoms with Gasteiger partial charge in [-0.2, -0.15) is 0 Å². The summed E-state index contributed by atoms with van der Waals surface area (Å²) in [5.74, 6) is -16.3. The fourth-order valence-corrected chi connectivity index (χ4v) is 16.6. The number of carbonyl (C=O) groups excluding carboxylic acids is 16. The lowest BCUT2D eigenvalue weighted by Gasteiger charge is -2.34. The van der Waals surface area contributed by atoms with Crippen LogP contribution in [0.5, 0.6) is 5.75 Å². The molecule has 0 spiro atoms. The molecule has 109 heavy (non-hydrogen) atoms. The number of benzene rings is 1. The van der Waals surface area contributed by atoms with Gasteiger partial charge >= 0.3 is 0 Å². The molecule has 6 fully saturated rings. The number of carbonyl (C=O) groups is 16. The number of primary amides is 1. The summed E-state index contributed by atoms with van der Waals surface area (Å²) in [6, 6.07) is -14.1. The molecule has 6 aliphatic heterocycles. The van der Waals surface area contributed by atoms with Crippen LogP contribution >= 0.6 is 21.6 Å². The van der Waals surface area contributed by atoms with Gasteiger partial charge in [-0.3, -0.25) is 76.7 Å². The van der Waals surface area contributed by atoms with E-state index in [1.54, 1.807) is 41.5 Å². The van der Waals surface area contributed by atoms with Gasteiger partial charge in [0.1, 0.15) is 90.3 Å². The Labute approximate surface area is 642 Å². The number of hydrogen-bond donors (Lipinski definition) is 15. The zero-order valence-electron chi connectivity index (χ0n) is 63.2. The van der Waals surface area contributed by atoms with Crippen molar-refractivity contribution in [2.24, 2.45) is 29.2 Å². The van der Waals surface area contributed by atoms with E-state index >= 15 is 14.4 Å². The average Bonchev–Trinajstić information content (AvgIpc) is 1.68. The number of aliphatic hydroxyl groups is 1. The molecule has 17 atom stereocenters. The number of nitrogens with two attached hydrogens (primary N) is 2. The first-order valence-electron chi connectivity index (χ1n) is 38.1. The Morgan fingerprint density at radius 3 is 1.44 bits per heavy atom. The summed E-state index contributed by atoms with van der Waals surface area (Å²) in [5.41, 5.74) is 11.8. The quantitative estimate of drug-likeness (QED) is 0.0573. The van der Waals surface area contributed by atoms with Gasteiger partial charge in [0, 0.05) is 50.5 Å². The molecule has 6 heterocycles. The summed E-state index contributed by atoms with van der Waals surface area (Å²) in [4.78, 5) is 238. The van der Waals surface area contributed by atoms with Crippen molar-refractivity contribution < 1.29 is 86.9 Å². The van der Waals surface area contributed by atoms with E-state index in [1.165, 1.54) is 50.8 Å². The minimum atomic E-state index is -1.73. The zero-order valence-corrected chi connectivity index (χ0v) is 64.8. The van der Waals surface area contributed by atoms with Crippen molar-refractivity contribution >= 4 is 116 Å². The van der Waals surface area contributed by atoms with Crippen molar-refractivity contribution in [3.63, 3.8) is 0 Å². The highest BCUT2D eigenvalue weighted by molar-refractivity contribution is 8.76. The van der Waals surface area contributed by atoms with E-state index < -0.39 is 222 Å². The minimum absolute atomic E-state index is 0.0843. The van der Waals surface area contributed by atoms with Gasteiger partial charge in [-0.25, -0.2) is 0 Å². The zero-order chi connectivity index (χ0) is 79.9. The molecule has 6 aliphatic rings. The third-order valence-corrected chi connectivity index (χ3v) is 23.8. The lowest BCUT2D eigenvalue weighted by atomic mass is 9.96. The Bertz CT molecular complexity index is 3470. The van der Waals surface area contributed by atoms with Crippen LogP contribution in [0, 0.1) is 17.8 Å². The molecule has 6 saturated heterocycles. The van der Waals surface area contributed by atoms with Gasteiger partial charge in [0.15, 0.2) is 0 Å². The van der Waals surface area contributed by atoms with Crippen LogP contribution in [0.15, 0.2) is 24.3 Å². The third kappa shape index (κ3) is 23.6. The number of phenolic OH excluding ortho intramolecular Hbond substituents is 1. The molecular weight excluding hydrogens is 1460 g/mol. The maximum atomic E-state index is 15.4. The molecule has 2 bridgehead atoms. The maximum absolute atomic E-state index is 15.4. The Hall–Kier alpha value is -8.84. The third-order valence-electron chi connectivity index (χ3n) is 21.4. The second-order valence-corrected chi connectivity index (χ2v) is 31.7. The van der Waals surface area contributed by atoms with E-state index in [1.807, 2.05) is 0 Å². The van der Waals surface area contributed by atoms with Crippen LogP contribution in [-0.4, -0.2) is 266 Å². The largest absolute Gasteiger partial charge is 0.508 e. The van der Waals surface area contributed by atoms with Crippen LogP contribution < -0.4 is 70.0 Å². The summed E-state index contributed by atoms with van der Waals surface area (Å²) in [7, 11) is 1.77. The van der Waals surface area contributed by atoms with Gasteiger partial charge in [0.05, 0.1) is 13.2 Å². The van der Waals surface area contributed by atoms with Crippen LogP contribution in [0.25, 0.3) is 0 Å². The summed E-state index contributed by atoms with van der Waals surface area (Å²) in [5, 5.41) is 50.5. The lowest BCUT2D eigenvalue weighted by Crippen LogP contribution is -2.62. The Morgan fingerprint density at radius 2 is 0.899 bits per heavy atom. The number of rotatable bonds is 16. The van der Waals surface area contributed by atoms with Gasteiger partial charge < -0.3 is 99.8 Å². The van der Waals surface area contributed by atoms with E-state index in [4.69, 9.17) is 11.5 Å². The van der Waals surface area contributed by atoms with Crippen molar-refractivity contribution in [2.75, 3.05) is 57.4 Å². The van der Waals surface area contributed by atoms with Crippen molar-refractivity contribution in [1.29, 1.82) is 0 Å². The molecule has 37 heteroatoms. The highest BCUT2D eigenvalue weighted by Gasteiger charge is 2.48. The van der Waals surface area contributed by atoms with E-state index in [0.717, 1.165) is 21.6 Å². The SMILES string of the molecule is CC[C@H](C)[C@@H]1NC(=O)[C@@H]2CSSC[C@H](NC(=O)[C@H]([C@@H](C)CC)NC(=O)[C@H](CCC(N)=O)NC(=O)[C@@H]3CCCN3C(=O)[C@@H]3CCCN3C(=O)[C@H](C)NC1=O)C(=O)N[C@@H](Cc1ccc(O)cc1)C(=O)N[C@@H](CCCCN)C(=O)N[C@@H](CO)C(=O)N[C@@H]([C@@H](C)CC)C(=O)N1CCC[C@H]1C(=O)N1CCC[C@H]1C(=O)NCC(=O)N2. The smallest absolute Gasteiger partial charge is 0.246 e. The van der Waals surface area contributed by atoms with E-state index in [2.05, 4.69) is 58.5 Å². The van der Waals surface area contributed by atoms with Crippen LogP contribution in [0.4, 0.5) is 0 Å². The lowest BCUT2D eigenvalue weighted by molar-refractivity contribution is -0.148. The molecule has 1 aromatic rings. The molecule has 0 radical (unpaired) electrons. The molecule has 1 aromatic carbocycles. The number of unbranched alkanes of at least 4 members (excludes halogenated alkanes) is 1. The monoisotopic (exact) mass is 1570 g/mol. The van der Waals surface area contributed by atoms with Crippen molar-refractivity contribution in [2.45, 2.75) is 242 Å². The first-order chi connectivity index (χ1) is 51.9. The fourth-order valence-electron chi connectivity index (χ4n) is 14.3. The second-order valence-electron chi connectivity index (χ2n) is 29.2. The average molecular weight is 1570 g/mol. The van der Waals surface area contributed by atoms with Crippen LogP contribution in [0.1, 0.15) is 157 Å². The van der Waals surface area contributed by atoms with Crippen molar-refractivity contribution in [3.8, 4) is 5.75 Å². The number of hydrogen-bond acceptors (Lipinski definition) is 21. The molecule has 0 saturated carbocycles. The Morgan fingerprint density at radius 1 is 0.477 bits per heavy atom. The van der Waals surface area contributed by atoms with Gasteiger partial charge in [-0.15, -0.1) is 0 Å².